The molecule has 2 aliphatic heterocycles. The van der Waals surface area contributed by atoms with E-state index in [0.29, 0.717) is 5.92 Å². The number of methoxy groups -OCH3 is 1. The van der Waals surface area contributed by atoms with E-state index in [0.717, 1.165) is 51.4 Å². The van der Waals surface area contributed by atoms with Crippen molar-refractivity contribution in [1.29, 1.82) is 0 Å². The number of hydrogen-bond acceptors (Lipinski definition) is 4. The Labute approximate surface area is 127 Å². The zero-order valence-corrected chi connectivity index (χ0v) is 13.0. The Morgan fingerprint density at radius 3 is 2.62 bits per heavy atom. The number of benzene rings is 1. The fourth-order valence-electron chi connectivity index (χ4n) is 3.38. The van der Waals surface area contributed by atoms with Gasteiger partial charge in [0.05, 0.1) is 26.9 Å². The van der Waals surface area contributed by atoms with Crippen LogP contribution in [0.4, 0.5) is 0 Å². The topological polar surface area (TPSA) is 30.9 Å². The first-order chi connectivity index (χ1) is 10.2. The van der Waals surface area contributed by atoms with Crippen molar-refractivity contribution in [2.45, 2.75) is 31.5 Å². The Morgan fingerprint density at radius 1 is 1.24 bits per heavy atom. The van der Waals surface area contributed by atoms with Gasteiger partial charge in [0.25, 0.3) is 0 Å². The molecule has 2 heterocycles. The lowest BCUT2D eigenvalue weighted by Gasteiger charge is -2.39. The van der Waals surface area contributed by atoms with Crippen LogP contribution in [0.25, 0.3) is 0 Å². The Morgan fingerprint density at radius 2 is 1.95 bits per heavy atom. The summed E-state index contributed by atoms with van der Waals surface area (Å²) in [5, 5.41) is 0. The summed E-state index contributed by atoms with van der Waals surface area (Å²) in [6, 6.07) is 8.39. The van der Waals surface area contributed by atoms with Crippen molar-refractivity contribution >= 4 is 0 Å². The van der Waals surface area contributed by atoms with Gasteiger partial charge in [-0.1, -0.05) is 19.1 Å². The van der Waals surface area contributed by atoms with E-state index in [9.17, 15) is 0 Å². The van der Waals surface area contributed by atoms with Crippen LogP contribution in [0.3, 0.4) is 0 Å². The molecule has 1 aromatic rings. The molecule has 0 radical (unpaired) electrons. The molecule has 1 atom stereocenters. The van der Waals surface area contributed by atoms with Crippen molar-refractivity contribution in [3.8, 4) is 5.75 Å². The molecule has 0 unspecified atom stereocenters. The van der Waals surface area contributed by atoms with Crippen LogP contribution in [0.1, 0.15) is 31.2 Å². The maximum absolute atomic E-state index is 5.85. The molecule has 4 heteroatoms. The summed E-state index contributed by atoms with van der Waals surface area (Å²) in [5.74, 6) is 1.08. The maximum Gasteiger partial charge on any atom is 0.181 e. The second kappa shape index (κ2) is 6.34. The van der Waals surface area contributed by atoms with E-state index in [1.807, 2.05) is 12.1 Å². The number of rotatable bonds is 4. The summed E-state index contributed by atoms with van der Waals surface area (Å²) in [6.45, 7) is 6.83. The third-order valence-electron chi connectivity index (χ3n) is 4.53. The number of hydrogen-bond donors (Lipinski definition) is 0. The highest BCUT2D eigenvalue weighted by Crippen LogP contribution is 2.31. The van der Waals surface area contributed by atoms with Crippen molar-refractivity contribution in [2.75, 3.05) is 40.0 Å². The molecule has 21 heavy (non-hydrogen) atoms. The van der Waals surface area contributed by atoms with Crippen LogP contribution in [0.15, 0.2) is 24.3 Å². The first-order valence-corrected chi connectivity index (χ1v) is 7.85. The van der Waals surface area contributed by atoms with Crippen molar-refractivity contribution in [1.82, 2.24) is 4.90 Å². The summed E-state index contributed by atoms with van der Waals surface area (Å²) in [5.41, 5.74) is 1.35. The molecular formula is C17H25NO3. The van der Waals surface area contributed by atoms with Crippen molar-refractivity contribution in [3.05, 3.63) is 29.8 Å². The first kappa shape index (κ1) is 14.8. The normalized spacial score (nSPS) is 23.3. The van der Waals surface area contributed by atoms with E-state index in [1.165, 1.54) is 5.56 Å². The number of likely N-dealkylation sites (tertiary alicyclic amines) is 1. The zero-order chi connectivity index (χ0) is 14.7. The van der Waals surface area contributed by atoms with Gasteiger partial charge < -0.3 is 14.2 Å². The van der Waals surface area contributed by atoms with E-state index in [1.54, 1.807) is 7.11 Å². The number of nitrogens with zero attached hydrogens (tertiary/aromatic N) is 1. The van der Waals surface area contributed by atoms with Gasteiger partial charge in [-0.25, -0.2) is 0 Å². The molecule has 1 aromatic carbocycles. The lowest BCUT2D eigenvalue weighted by molar-refractivity contribution is -0.189. The minimum atomic E-state index is -0.322. The number of ether oxygens (including phenoxy) is 3. The van der Waals surface area contributed by atoms with Crippen molar-refractivity contribution < 1.29 is 14.2 Å². The average molecular weight is 291 g/mol. The Bertz CT molecular complexity index is 454. The molecule has 0 saturated carbocycles. The van der Waals surface area contributed by atoms with E-state index >= 15 is 0 Å². The quantitative estimate of drug-likeness (QED) is 0.853. The number of piperidine rings is 1. The van der Waals surface area contributed by atoms with Gasteiger partial charge in [-0.15, -0.1) is 0 Å². The smallest absolute Gasteiger partial charge is 0.181 e. The highest BCUT2D eigenvalue weighted by molar-refractivity contribution is 5.29. The molecule has 1 spiro atoms. The fourth-order valence-corrected chi connectivity index (χ4v) is 3.38. The molecular weight excluding hydrogens is 266 g/mol. The van der Waals surface area contributed by atoms with Crippen LogP contribution in [-0.4, -0.2) is 50.6 Å². The fraction of sp³-hybridized carbons (Fsp3) is 0.647. The second-order valence-electron chi connectivity index (χ2n) is 6.12. The molecule has 2 fully saturated rings. The summed E-state index contributed by atoms with van der Waals surface area (Å²) in [4.78, 5) is 2.48. The van der Waals surface area contributed by atoms with Crippen LogP contribution in [0, 0.1) is 0 Å². The van der Waals surface area contributed by atoms with Crippen LogP contribution in [0.2, 0.25) is 0 Å². The third kappa shape index (κ3) is 3.39. The standard InChI is InChI=1S/C17H25NO3/c1-14(15-4-6-16(19-2)7-5-15)12-18-9-3-8-17(13-18)20-10-11-21-17/h4-7,14H,3,8-13H2,1-2H3/t14-/m1/s1. The van der Waals surface area contributed by atoms with Crippen molar-refractivity contribution in [3.63, 3.8) is 0 Å². The van der Waals surface area contributed by atoms with Crippen molar-refractivity contribution in [2.24, 2.45) is 0 Å². The molecule has 0 N–H and O–H groups in total. The van der Waals surface area contributed by atoms with Gasteiger partial charge in [0, 0.05) is 13.0 Å². The average Bonchev–Trinajstić information content (AvgIpc) is 2.95. The minimum Gasteiger partial charge on any atom is -0.497 e. The lowest BCUT2D eigenvalue weighted by Crippen LogP contribution is -2.49. The van der Waals surface area contributed by atoms with Crippen LogP contribution in [-0.2, 0) is 9.47 Å². The molecule has 4 nitrogen and oxygen atoms in total. The maximum atomic E-state index is 5.85. The third-order valence-corrected chi connectivity index (χ3v) is 4.53. The van der Waals surface area contributed by atoms with Gasteiger partial charge in [-0.2, -0.15) is 0 Å². The molecule has 0 bridgehead atoms. The largest absolute Gasteiger partial charge is 0.497 e. The van der Waals surface area contributed by atoms with Gasteiger partial charge >= 0.3 is 0 Å². The van der Waals surface area contributed by atoms with Gasteiger partial charge in [-0.05, 0) is 36.6 Å². The predicted octanol–water partition coefficient (Wildman–Crippen LogP) is 2.64. The summed E-state index contributed by atoms with van der Waals surface area (Å²) < 4.78 is 16.9. The minimum absolute atomic E-state index is 0.322. The molecule has 2 aliphatic rings. The first-order valence-electron chi connectivity index (χ1n) is 7.85. The van der Waals surface area contributed by atoms with Gasteiger partial charge in [0.15, 0.2) is 5.79 Å². The van der Waals surface area contributed by atoms with E-state index < -0.39 is 0 Å². The lowest BCUT2D eigenvalue weighted by atomic mass is 9.98. The molecule has 0 aliphatic carbocycles. The van der Waals surface area contributed by atoms with Crippen LogP contribution in [0.5, 0.6) is 5.75 Å². The monoisotopic (exact) mass is 291 g/mol. The molecule has 3 rings (SSSR count). The highest BCUT2D eigenvalue weighted by atomic mass is 16.7. The van der Waals surface area contributed by atoms with Gasteiger partial charge in [-0.3, -0.25) is 4.90 Å². The van der Waals surface area contributed by atoms with E-state index in [-0.39, 0.29) is 5.79 Å². The van der Waals surface area contributed by atoms with Gasteiger partial charge in [0.1, 0.15) is 5.75 Å². The van der Waals surface area contributed by atoms with Crippen LogP contribution >= 0.6 is 0 Å². The molecule has 0 aromatic heterocycles. The predicted molar refractivity (Wildman–Crippen MR) is 81.7 cm³/mol. The Kier molecular flexibility index (Phi) is 4.48. The SMILES string of the molecule is COc1ccc([C@H](C)CN2CCCC3(C2)OCCO3)cc1. The summed E-state index contributed by atoms with van der Waals surface area (Å²) in [6.07, 6.45) is 2.18. The summed E-state index contributed by atoms with van der Waals surface area (Å²) >= 11 is 0. The van der Waals surface area contributed by atoms with Gasteiger partial charge in [0.2, 0.25) is 0 Å². The molecule has 2 saturated heterocycles. The zero-order valence-electron chi connectivity index (χ0n) is 13.0. The Hall–Kier alpha value is -1.10. The van der Waals surface area contributed by atoms with Crippen LogP contribution < -0.4 is 4.74 Å². The second-order valence-corrected chi connectivity index (χ2v) is 6.12. The molecule has 116 valence electrons. The van der Waals surface area contributed by atoms with E-state index in [2.05, 4.69) is 24.0 Å². The molecule has 0 amide bonds. The van der Waals surface area contributed by atoms with E-state index in [4.69, 9.17) is 14.2 Å². The highest BCUT2D eigenvalue weighted by Gasteiger charge is 2.40. The summed E-state index contributed by atoms with van der Waals surface area (Å²) in [7, 11) is 1.70. The Balaban J connectivity index is 1.59.